The Kier molecular flexibility index (Phi) is 5.62. The molecule has 0 spiro atoms. The summed E-state index contributed by atoms with van der Waals surface area (Å²) < 4.78 is 4.69. The highest BCUT2D eigenvalue weighted by Gasteiger charge is 2.07. The summed E-state index contributed by atoms with van der Waals surface area (Å²) in [6, 6.07) is 1.16. The predicted molar refractivity (Wildman–Crippen MR) is 49.9 cm³/mol. The molecule has 3 nitrogen and oxygen atoms in total. The van der Waals surface area contributed by atoms with Gasteiger partial charge in [-0.25, -0.2) is 4.79 Å². The van der Waals surface area contributed by atoms with Gasteiger partial charge in [0.25, 0.3) is 0 Å². The first kappa shape index (κ1) is 11.4. The zero-order valence-corrected chi connectivity index (χ0v) is 9.08. The lowest BCUT2D eigenvalue weighted by atomic mass is 10.4. The minimum Gasteiger partial charge on any atom is -0.460 e. The van der Waals surface area contributed by atoms with E-state index in [4.69, 9.17) is 0 Å². The molecule has 0 bridgehead atoms. The molecule has 0 saturated carbocycles. The summed E-state index contributed by atoms with van der Waals surface area (Å²) in [5, 5.41) is 0. The highest BCUT2D eigenvalue weighted by Crippen LogP contribution is 1.97. The van der Waals surface area contributed by atoms with E-state index in [1.807, 2.05) is 0 Å². The lowest BCUT2D eigenvalue weighted by Gasteiger charge is -2.03. The Labute approximate surface area is 74.7 Å². The van der Waals surface area contributed by atoms with E-state index < -0.39 is 20.5 Å². The summed E-state index contributed by atoms with van der Waals surface area (Å²) >= 11 is 0. The molecule has 0 rings (SSSR count). The highest BCUT2D eigenvalue weighted by molar-refractivity contribution is 6.55. The van der Waals surface area contributed by atoms with E-state index in [9.17, 15) is 9.59 Å². The van der Waals surface area contributed by atoms with Crippen LogP contribution in [0.1, 0.15) is 13.3 Å². The van der Waals surface area contributed by atoms with Crippen LogP contribution in [0.2, 0.25) is 19.1 Å². The second kappa shape index (κ2) is 5.94. The van der Waals surface area contributed by atoms with E-state index in [2.05, 4.69) is 17.8 Å². The van der Waals surface area contributed by atoms with E-state index in [0.29, 0.717) is 6.61 Å². The van der Waals surface area contributed by atoms with Gasteiger partial charge in [0.15, 0.2) is 0 Å². The van der Waals surface area contributed by atoms with Crippen LogP contribution in [0.4, 0.5) is 0 Å². The fourth-order valence-electron chi connectivity index (χ4n) is 0.758. The lowest BCUT2D eigenvalue weighted by Crippen LogP contribution is -2.15. The number of carbonyl (C=O) groups excluding carboxylic acids is 2. The first-order valence-electron chi connectivity index (χ1n) is 4.21. The SMILES string of the molecule is CC(=O)C(=O)OCCC[SiH](C)C. The molecule has 0 radical (unpaired) electrons. The summed E-state index contributed by atoms with van der Waals surface area (Å²) in [7, 11) is -0.534. The molecule has 0 fully saturated rings. The van der Waals surface area contributed by atoms with Crippen LogP contribution < -0.4 is 0 Å². The summed E-state index contributed by atoms with van der Waals surface area (Å²) in [5.74, 6) is -1.22. The van der Waals surface area contributed by atoms with Crippen LogP contribution in [0.25, 0.3) is 0 Å². The lowest BCUT2D eigenvalue weighted by molar-refractivity contribution is -0.152. The molecule has 4 heteroatoms. The number of Topliss-reactive ketones (excluding diaryl/α,β-unsaturated/α-hetero) is 1. The van der Waals surface area contributed by atoms with Crippen molar-refractivity contribution >= 4 is 20.5 Å². The van der Waals surface area contributed by atoms with Crippen LogP contribution in [0.5, 0.6) is 0 Å². The summed E-state index contributed by atoms with van der Waals surface area (Å²) in [6.45, 7) is 6.10. The number of ether oxygens (including phenoxy) is 1. The first-order valence-corrected chi connectivity index (χ1v) is 7.34. The normalized spacial score (nSPS) is 10.0. The Bertz CT molecular complexity index is 166. The largest absolute Gasteiger partial charge is 0.460 e. The van der Waals surface area contributed by atoms with Gasteiger partial charge in [-0.15, -0.1) is 0 Å². The van der Waals surface area contributed by atoms with E-state index in [1.165, 1.54) is 6.92 Å². The number of carbonyl (C=O) groups is 2. The van der Waals surface area contributed by atoms with Crippen LogP contribution in [-0.4, -0.2) is 27.2 Å². The Morgan fingerprint density at radius 3 is 2.33 bits per heavy atom. The van der Waals surface area contributed by atoms with Crippen LogP contribution in [0.3, 0.4) is 0 Å². The van der Waals surface area contributed by atoms with Gasteiger partial charge in [0, 0.05) is 15.7 Å². The molecule has 0 heterocycles. The van der Waals surface area contributed by atoms with E-state index in [0.717, 1.165) is 12.5 Å². The summed E-state index contributed by atoms with van der Waals surface area (Å²) in [6.07, 6.45) is 0.892. The number of esters is 1. The average Bonchev–Trinajstić information content (AvgIpc) is 1.97. The van der Waals surface area contributed by atoms with Crippen molar-refractivity contribution in [2.45, 2.75) is 32.5 Å². The smallest absolute Gasteiger partial charge is 0.374 e. The summed E-state index contributed by atoms with van der Waals surface area (Å²) in [4.78, 5) is 21.0. The second-order valence-electron chi connectivity index (χ2n) is 3.23. The van der Waals surface area contributed by atoms with Gasteiger partial charge in [-0.3, -0.25) is 4.79 Å². The van der Waals surface area contributed by atoms with Gasteiger partial charge in [-0.2, -0.15) is 0 Å². The van der Waals surface area contributed by atoms with Gasteiger partial charge in [0.1, 0.15) is 0 Å². The van der Waals surface area contributed by atoms with Crippen molar-refractivity contribution in [3.05, 3.63) is 0 Å². The van der Waals surface area contributed by atoms with Gasteiger partial charge in [-0.05, 0) is 6.42 Å². The molecule has 0 amide bonds. The predicted octanol–water partition coefficient (Wildman–Crippen LogP) is 0.995. The second-order valence-corrected chi connectivity index (χ2v) is 6.59. The van der Waals surface area contributed by atoms with Crippen molar-refractivity contribution in [3.8, 4) is 0 Å². The van der Waals surface area contributed by atoms with Crippen molar-refractivity contribution in [1.82, 2.24) is 0 Å². The Hall–Kier alpha value is -0.643. The fourth-order valence-corrected chi connectivity index (χ4v) is 1.74. The molecule has 0 aliphatic carbocycles. The maximum atomic E-state index is 10.6. The third-order valence-corrected chi connectivity index (χ3v) is 3.01. The van der Waals surface area contributed by atoms with Crippen LogP contribution >= 0.6 is 0 Å². The molecule has 0 unspecified atom stereocenters. The van der Waals surface area contributed by atoms with Crippen molar-refractivity contribution < 1.29 is 14.3 Å². The summed E-state index contributed by atoms with van der Waals surface area (Å²) in [5.41, 5.74) is 0. The molecule has 0 aromatic heterocycles. The third kappa shape index (κ3) is 6.09. The van der Waals surface area contributed by atoms with Crippen LogP contribution in [0, 0.1) is 0 Å². The van der Waals surface area contributed by atoms with Crippen LogP contribution in [-0.2, 0) is 14.3 Å². The van der Waals surface area contributed by atoms with E-state index in [1.54, 1.807) is 0 Å². The topological polar surface area (TPSA) is 43.4 Å². The van der Waals surface area contributed by atoms with Gasteiger partial charge in [0.2, 0.25) is 5.78 Å². The van der Waals surface area contributed by atoms with E-state index in [-0.39, 0.29) is 0 Å². The molecule has 0 N–H and O–H groups in total. The standard InChI is InChI=1S/C8H16O3Si/c1-7(9)8(10)11-5-4-6-12(2)3/h12H,4-6H2,1-3H3. The Morgan fingerprint density at radius 1 is 1.33 bits per heavy atom. The quantitative estimate of drug-likeness (QED) is 0.280. The van der Waals surface area contributed by atoms with Gasteiger partial charge >= 0.3 is 5.97 Å². The molecule has 0 aromatic carbocycles. The number of hydrogen-bond donors (Lipinski definition) is 0. The first-order chi connectivity index (χ1) is 5.54. The molecule has 0 aliphatic heterocycles. The average molecular weight is 188 g/mol. The van der Waals surface area contributed by atoms with E-state index >= 15 is 0 Å². The third-order valence-electron chi connectivity index (χ3n) is 1.45. The van der Waals surface area contributed by atoms with Crippen molar-refractivity contribution in [1.29, 1.82) is 0 Å². The number of hydrogen-bond acceptors (Lipinski definition) is 3. The fraction of sp³-hybridized carbons (Fsp3) is 0.750. The molecule has 0 atom stereocenters. The minimum atomic E-state index is -0.708. The number of rotatable bonds is 5. The maximum Gasteiger partial charge on any atom is 0.374 e. The molecule has 0 aliphatic rings. The van der Waals surface area contributed by atoms with Gasteiger partial charge in [0.05, 0.1) is 6.61 Å². The van der Waals surface area contributed by atoms with Gasteiger partial charge in [-0.1, -0.05) is 19.1 Å². The van der Waals surface area contributed by atoms with Crippen molar-refractivity contribution in [3.63, 3.8) is 0 Å². The molecule has 12 heavy (non-hydrogen) atoms. The number of ketones is 1. The Morgan fingerprint density at radius 2 is 1.92 bits per heavy atom. The molecule has 0 saturated heterocycles. The zero-order valence-electron chi connectivity index (χ0n) is 7.92. The molecular formula is C8H16O3Si. The molecule has 70 valence electrons. The van der Waals surface area contributed by atoms with Crippen molar-refractivity contribution in [2.24, 2.45) is 0 Å². The van der Waals surface area contributed by atoms with Crippen molar-refractivity contribution in [2.75, 3.05) is 6.61 Å². The zero-order chi connectivity index (χ0) is 9.56. The minimum absolute atomic E-state index is 0.392. The maximum absolute atomic E-state index is 10.6. The molecule has 0 aromatic rings. The monoisotopic (exact) mass is 188 g/mol. The Balaban J connectivity index is 3.32. The molecular weight excluding hydrogens is 172 g/mol. The highest BCUT2D eigenvalue weighted by atomic mass is 28.3. The van der Waals surface area contributed by atoms with Gasteiger partial charge < -0.3 is 4.74 Å². The van der Waals surface area contributed by atoms with Crippen LogP contribution in [0.15, 0.2) is 0 Å².